The summed E-state index contributed by atoms with van der Waals surface area (Å²) < 4.78 is 10.9. The van der Waals surface area contributed by atoms with Crippen molar-refractivity contribution in [3.05, 3.63) is 54.6 Å². The molecule has 3 nitrogen and oxygen atoms in total. The van der Waals surface area contributed by atoms with E-state index < -0.39 is 5.97 Å². The molecule has 0 amide bonds. The molecule has 1 unspecified atom stereocenters. The number of esters is 1. The molecule has 2 aromatic carbocycles. The van der Waals surface area contributed by atoms with Crippen LogP contribution < -0.4 is 4.74 Å². The Labute approximate surface area is 118 Å². The molecule has 2 rings (SSSR count). The van der Waals surface area contributed by atoms with Crippen molar-refractivity contribution in [3.8, 4) is 5.75 Å². The van der Waals surface area contributed by atoms with Gasteiger partial charge in [0.2, 0.25) is 0 Å². The number of carbonyl (C=O) groups is 1. The van der Waals surface area contributed by atoms with Crippen LogP contribution in [0.1, 0.15) is 13.8 Å². The Bertz CT molecular complexity index is 626. The van der Waals surface area contributed by atoms with Crippen LogP contribution in [-0.4, -0.2) is 18.7 Å². The molecule has 0 radical (unpaired) electrons. The molecule has 2 aromatic rings. The second kappa shape index (κ2) is 6.24. The van der Waals surface area contributed by atoms with Crippen molar-refractivity contribution in [2.45, 2.75) is 20.0 Å². The highest BCUT2D eigenvalue weighted by molar-refractivity contribution is 5.88. The zero-order valence-electron chi connectivity index (χ0n) is 11.8. The minimum atomic E-state index is -0.390. The van der Waals surface area contributed by atoms with Crippen molar-refractivity contribution >= 4 is 16.7 Å². The van der Waals surface area contributed by atoms with Crippen LogP contribution in [0.2, 0.25) is 0 Å². The van der Waals surface area contributed by atoms with Gasteiger partial charge in [0, 0.05) is 11.0 Å². The summed E-state index contributed by atoms with van der Waals surface area (Å²) in [5.74, 6) is 0.403. The van der Waals surface area contributed by atoms with Gasteiger partial charge in [-0.25, -0.2) is 4.79 Å². The number of carbonyl (C=O) groups excluding carboxylic acids is 1. The van der Waals surface area contributed by atoms with E-state index in [1.165, 1.54) is 0 Å². The Morgan fingerprint density at radius 3 is 2.65 bits per heavy atom. The summed E-state index contributed by atoms with van der Waals surface area (Å²) in [5, 5.41) is 2.17. The Morgan fingerprint density at radius 2 is 1.90 bits per heavy atom. The van der Waals surface area contributed by atoms with Crippen molar-refractivity contribution in [1.29, 1.82) is 0 Å². The van der Waals surface area contributed by atoms with Gasteiger partial charge in [0.15, 0.2) is 0 Å². The molecule has 0 heterocycles. The van der Waals surface area contributed by atoms with E-state index in [0.717, 1.165) is 16.5 Å². The summed E-state index contributed by atoms with van der Waals surface area (Å²) in [5.41, 5.74) is 0.391. The molecule has 0 aliphatic heterocycles. The van der Waals surface area contributed by atoms with Gasteiger partial charge in [0.05, 0.1) is 0 Å². The highest BCUT2D eigenvalue weighted by Crippen LogP contribution is 2.26. The number of benzene rings is 2. The van der Waals surface area contributed by atoms with E-state index in [2.05, 4.69) is 6.58 Å². The van der Waals surface area contributed by atoms with Crippen LogP contribution >= 0.6 is 0 Å². The van der Waals surface area contributed by atoms with Crippen molar-refractivity contribution in [3.63, 3.8) is 0 Å². The first kappa shape index (κ1) is 14.1. The SMILES string of the molecule is C=C(C)C(=O)OCC(C)Oc1cccc2ccccc12. The second-order valence-electron chi connectivity index (χ2n) is 4.78. The fourth-order valence-electron chi connectivity index (χ4n) is 1.87. The van der Waals surface area contributed by atoms with Crippen LogP contribution in [0, 0.1) is 0 Å². The zero-order chi connectivity index (χ0) is 14.5. The maximum Gasteiger partial charge on any atom is 0.333 e. The minimum Gasteiger partial charge on any atom is -0.487 e. The van der Waals surface area contributed by atoms with Crippen LogP contribution in [0.5, 0.6) is 5.75 Å². The molecular weight excluding hydrogens is 252 g/mol. The monoisotopic (exact) mass is 270 g/mol. The zero-order valence-corrected chi connectivity index (χ0v) is 11.8. The first-order chi connectivity index (χ1) is 9.58. The number of rotatable bonds is 5. The lowest BCUT2D eigenvalue weighted by Crippen LogP contribution is -2.21. The molecule has 0 N–H and O–H groups in total. The van der Waals surface area contributed by atoms with Crippen molar-refractivity contribution in [1.82, 2.24) is 0 Å². The Balaban J connectivity index is 2.05. The molecule has 20 heavy (non-hydrogen) atoms. The lowest BCUT2D eigenvalue weighted by atomic mass is 10.1. The Morgan fingerprint density at radius 1 is 1.20 bits per heavy atom. The summed E-state index contributed by atoms with van der Waals surface area (Å²) in [4.78, 5) is 11.3. The first-order valence-electron chi connectivity index (χ1n) is 6.55. The lowest BCUT2D eigenvalue weighted by Gasteiger charge is -2.16. The summed E-state index contributed by atoms with van der Waals surface area (Å²) in [7, 11) is 0. The molecule has 0 aromatic heterocycles. The summed E-state index contributed by atoms with van der Waals surface area (Å²) in [6, 6.07) is 13.9. The highest BCUT2D eigenvalue weighted by Gasteiger charge is 2.10. The van der Waals surface area contributed by atoms with Gasteiger partial charge in [-0.1, -0.05) is 43.0 Å². The summed E-state index contributed by atoms with van der Waals surface area (Å²) >= 11 is 0. The fraction of sp³-hybridized carbons (Fsp3) is 0.235. The average Bonchev–Trinajstić information content (AvgIpc) is 2.45. The van der Waals surface area contributed by atoms with Gasteiger partial charge in [-0.2, -0.15) is 0 Å². The van der Waals surface area contributed by atoms with E-state index in [-0.39, 0.29) is 12.7 Å². The van der Waals surface area contributed by atoms with E-state index in [1.54, 1.807) is 6.92 Å². The van der Waals surface area contributed by atoms with Crippen LogP contribution in [0.4, 0.5) is 0 Å². The van der Waals surface area contributed by atoms with Gasteiger partial charge < -0.3 is 9.47 Å². The Kier molecular flexibility index (Phi) is 4.41. The van der Waals surface area contributed by atoms with Crippen LogP contribution in [0.3, 0.4) is 0 Å². The normalized spacial score (nSPS) is 11.9. The van der Waals surface area contributed by atoms with E-state index in [9.17, 15) is 4.79 Å². The molecule has 1 atom stereocenters. The molecule has 0 aliphatic rings. The summed E-state index contributed by atoms with van der Waals surface area (Å²) in [6.45, 7) is 7.24. The predicted molar refractivity (Wildman–Crippen MR) is 79.8 cm³/mol. The molecule has 0 spiro atoms. The lowest BCUT2D eigenvalue weighted by molar-refractivity contribution is -0.141. The molecule has 0 saturated heterocycles. The third kappa shape index (κ3) is 3.38. The van der Waals surface area contributed by atoms with Crippen molar-refractivity contribution in [2.24, 2.45) is 0 Å². The molecular formula is C17H18O3. The maximum atomic E-state index is 11.3. The fourth-order valence-corrected chi connectivity index (χ4v) is 1.87. The minimum absolute atomic E-state index is 0.203. The van der Waals surface area contributed by atoms with E-state index >= 15 is 0 Å². The second-order valence-corrected chi connectivity index (χ2v) is 4.78. The molecule has 104 valence electrons. The van der Waals surface area contributed by atoms with E-state index in [1.807, 2.05) is 49.4 Å². The number of hydrogen-bond acceptors (Lipinski definition) is 3. The van der Waals surface area contributed by atoms with Gasteiger partial charge in [0.1, 0.15) is 18.5 Å². The van der Waals surface area contributed by atoms with E-state index in [4.69, 9.17) is 9.47 Å². The number of ether oxygens (including phenoxy) is 2. The van der Waals surface area contributed by atoms with Crippen LogP contribution in [0.25, 0.3) is 10.8 Å². The van der Waals surface area contributed by atoms with Crippen molar-refractivity contribution in [2.75, 3.05) is 6.61 Å². The first-order valence-corrected chi connectivity index (χ1v) is 6.55. The molecule has 0 aliphatic carbocycles. The molecule has 3 heteroatoms. The van der Waals surface area contributed by atoms with Gasteiger partial charge in [-0.3, -0.25) is 0 Å². The van der Waals surface area contributed by atoms with Crippen LogP contribution in [-0.2, 0) is 9.53 Å². The molecule has 0 saturated carbocycles. The maximum absolute atomic E-state index is 11.3. The summed E-state index contributed by atoms with van der Waals surface area (Å²) in [6.07, 6.45) is -0.218. The standard InChI is InChI=1S/C17H18O3/c1-12(2)17(18)19-11-13(3)20-16-10-6-8-14-7-4-5-9-15(14)16/h4-10,13H,1,11H2,2-3H3. The average molecular weight is 270 g/mol. The molecule has 0 bridgehead atoms. The van der Waals surface area contributed by atoms with Crippen molar-refractivity contribution < 1.29 is 14.3 Å². The van der Waals surface area contributed by atoms with Gasteiger partial charge in [-0.15, -0.1) is 0 Å². The van der Waals surface area contributed by atoms with Gasteiger partial charge >= 0.3 is 5.97 Å². The van der Waals surface area contributed by atoms with Gasteiger partial charge in [0.25, 0.3) is 0 Å². The van der Waals surface area contributed by atoms with Gasteiger partial charge in [-0.05, 0) is 25.3 Å². The van der Waals surface area contributed by atoms with E-state index in [0.29, 0.717) is 5.57 Å². The predicted octanol–water partition coefficient (Wildman–Crippen LogP) is 3.73. The number of hydrogen-bond donors (Lipinski definition) is 0. The third-order valence-electron chi connectivity index (χ3n) is 2.88. The highest BCUT2D eigenvalue weighted by atomic mass is 16.6. The Hall–Kier alpha value is -2.29. The number of fused-ring (bicyclic) bond motifs is 1. The van der Waals surface area contributed by atoms with Crippen LogP contribution in [0.15, 0.2) is 54.6 Å². The topological polar surface area (TPSA) is 35.5 Å². The largest absolute Gasteiger partial charge is 0.487 e. The third-order valence-corrected chi connectivity index (χ3v) is 2.88. The quantitative estimate of drug-likeness (QED) is 0.613. The molecule has 0 fully saturated rings. The smallest absolute Gasteiger partial charge is 0.333 e.